The molecule has 94 valence electrons. The molecular formula is C13H20N2OS. The Balaban J connectivity index is 1.95. The van der Waals surface area contributed by atoms with E-state index in [1.807, 2.05) is 0 Å². The van der Waals surface area contributed by atoms with Gasteiger partial charge in [-0.1, -0.05) is 0 Å². The molecule has 1 atom stereocenters. The minimum atomic E-state index is 0.249. The van der Waals surface area contributed by atoms with Crippen LogP contribution in [0.25, 0.3) is 0 Å². The van der Waals surface area contributed by atoms with E-state index in [-0.39, 0.29) is 5.78 Å². The Bertz CT molecular complexity index is 389. The molecule has 0 radical (unpaired) electrons. The molecule has 1 saturated heterocycles. The monoisotopic (exact) mass is 252 g/mol. The lowest BCUT2D eigenvalue weighted by Gasteiger charge is -2.28. The Hall–Kier alpha value is -0.740. The third-order valence-corrected chi connectivity index (χ3v) is 4.23. The standard InChI is InChI=1S/C13H20N2OS/c1-10(16)5-6-13-14-12(9-17-13)11-4-3-7-15(2)8-11/h9,11H,3-8H2,1-2H3. The van der Waals surface area contributed by atoms with E-state index >= 15 is 0 Å². The molecule has 1 unspecified atom stereocenters. The van der Waals surface area contributed by atoms with Crippen molar-refractivity contribution in [3.63, 3.8) is 0 Å². The first-order chi connectivity index (χ1) is 8.15. The van der Waals surface area contributed by atoms with Crippen LogP contribution >= 0.6 is 11.3 Å². The zero-order chi connectivity index (χ0) is 12.3. The summed E-state index contributed by atoms with van der Waals surface area (Å²) >= 11 is 1.70. The highest BCUT2D eigenvalue weighted by molar-refractivity contribution is 7.09. The number of aromatic nitrogens is 1. The molecule has 0 aliphatic carbocycles. The van der Waals surface area contributed by atoms with Crippen molar-refractivity contribution in [1.82, 2.24) is 9.88 Å². The largest absolute Gasteiger partial charge is 0.306 e. The number of aryl methyl sites for hydroxylation is 1. The quantitative estimate of drug-likeness (QED) is 0.825. The Labute approximate surface area is 107 Å². The molecule has 1 aromatic rings. The molecule has 1 aliphatic heterocycles. The van der Waals surface area contributed by atoms with Crippen LogP contribution in [0.3, 0.4) is 0 Å². The van der Waals surface area contributed by atoms with E-state index in [1.54, 1.807) is 18.3 Å². The average molecular weight is 252 g/mol. The Morgan fingerprint density at radius 3 is 3.18 bits per heavy atom. The van der Waals surface area contributed by atoms with Gasteiger partial charge in [0.25, 0.3) is 0 Å². The number of carbonyl (C=O) groups is 1. The lowest BCUT2D eigenvalue weighted by molar-refractivity contribution is -0.116. The first-order valence-corrected chi connectivity index (χ1v) is 7.15. The molecule has 17 heavy (non-hydrogen) atoms. The van der Waals surface area contributed by atoms with E-state index < -0.39 is 0 Å². The van der Waals surface area contributed by atoms with Gasteiger partial charge in [-0.2, -0.15) is 0 Å². The van der Waals surface area contributed by atoms with Crippen molar-refractivity contribution in [3.8, 4) is 0 Å². The van der Waals surface area contributed by atoms with Crippen LogP contribution in [0.4, 0.5) is 0 Å². The van der Waals surface area contributed by atoms with E-state index in [0.29, 0.717) is 12.3 Å². The van der Waals surface area contributed by atoms with Gasteiger partial charge in [-0.05, 0) is 33.4 Å². The second-order valence-electron chi connectivity index (χ2n) is 4.97. The molecule has 2 heterocycles. The molecule has 0 saturated carbocycles. The third kappa shape index (κ3) is 3.61. The zero-order valence-corrected chi connectivity index (χ0v) is 11.4. The first kappa shape index (κ1) is 12.7. The summed E-state index contributed by atoms with van der Waals surface area (Å²) in [5.41, 5.74) is 1.24. The third-order valence-electron chi connectivity index (χ3n) is 3.30. The summed E-state index contributed by atoms with van der Waals surface area (Å²) in [6.07, 6.45) is 3.95. The predicted octanol–water partition coefficient (Wildman–Crippen LogP) is 2.47. The van der Waals surface area contributed by atoms with Gasteiger partial charge in [0.2, 0.25) is 0 Å². The topological polar surface area (TPSA) is 33.2 Å². The zero-order valence-electron chi connectivity index (χ0n) is 10.6. The van der Waals surface area contributed by atoms with Gasteiger partial charge in [0.1, 0.15) is 5.78 Å². The van der Waals surface area contributed by atoms with Crippen molar-refractivity contribution in [2.75, 3.05) is 20.1 Å². The highest BCUT2D eigenvalue weighted by atomic mass is 32.1. The Morgan fingerprint density at radius 2 is 2.47 bits per heavy atom. The highest BCUT2D eigenvalue weighted by Gasteiger charge is 2.21. The second kappa shape index (κ2) is 5.74. The summed E-state index contributed by atoms with van der Waals surface area (Å²) in [7, 11) is 2.18. The summed E-state index contributed by atoms with van der Waals surface area (Å²) in [6, 6.07) is 0. The molecule has 0 amide bonds. The molecule has 0 aromatic carbocycles. The molecule has 0 N–H and O–H groups in total. The van der Waals surface area contributed by atoms with Crippen LogP contribution in [0.2, 0.25) is 0 Å². The fraction of sp³-hybridized carbons (Fsp3) is 0.692. The molecule has 2 rings (SSSR count). The van der Waals surface area contributed by atoms with Gasteiger partial charge in [0, 0.05) is 30.7 Å². The number of thiazole rings is 1. The van der Waals surface area contributed by atoms with Crippen LogP contribution in [0.15, 0.2) is 5.38 Å². The lowest BCUT2D eigenvalue weighted by Crippen LogP contribution is -2.30. The minimum absolute atomic E-state index is 0.249. The van der Waals surface area contributed by atoms with Crippen LogP contribution < -0.4 is 0 Å². The number of likely N-dealkylation sites (N-methyl/N-ethyl adjacent to an activating group) is 1. The molecule has 1 fully saturated rings. The summed E-state index contributed by atoms with van der Waals surface area (Å²) < 4.78 is 0. The van der Waals surface area contributed by atoms with Crippen LogP contribution in [0.1, 0.15) is 42.8 Å². The maximum atomic E-state index is 10.9. The first-order valence-electron chi connectivity index (χ1n) is 6.27. The number of ketones is 1. The van der Waals surface area contributed by atoms with Gasteiger partial charge in [-0.3, -0.25) is 0 Å². The van der Waals surface area contributed by atoms with E-state index in [0.717, 1.165) is 18.0 Å². The van der Waals surface area contributed by atoms with Gasteiger partial charge < -0.3 is 9.69 Å². The normalized spacial score (nSPS) is 21.6. The molecule has 1 aromatic heterocycles. The number of rotatable bonds is 4. The number of hydrogen-bond donors (Lipinski definition) is 0. The number of nitrogens with zero attached hydrogens (tertiary/aromatic N) is 2. The van der Waals surface area contributed by atoms with Crippen LogP contribution in [-0.2, 0) is 11.2 Å². The molecular weight excluding hydrogens is 232 g/mol. The lowest BCUT2D eigenvalue weighted by atomic mass is 9.96. The summed E-state index contributed by atoms with van der Waals surface area (Å²) in [5, 5.41) is 3.29. The summed E-state index contributed by atoms with van der Waals surface area (Å²) in [6.45, 7) is 3.97. The Morgan fingerprint density at radius 1 is 1.65 bits per heavy atom. The SMILES string of the molecule is CC(=O)CCc1nc(C2CCCN(C)C2)cs1. The summed E-state index contributed by atoms with van der Waals surface area (Å²) in [5.74, 6) is 0.843. The van der Waals surface area contributed by atoms with Gasteiger partial charge in [-0.25, -0.2) is 4.98 Å². The van der Waals surface area contributed by atoms with Crippen molar-refractivity contribution in [2.24, 2.45) is 0 Å². The van der Waals surface area contributed by atoms with Crippen LogP contribution in [0, 0.1) is 0 Å². The number of hydrogen-bond acceptors (Lipinski definition) is 4. The second-order valence-corrected chi connectivity index (χ2v) is 5.91. The maximum Gasteiger partial charge on any atom is 0.130 e. The number of piperidine rings is 1. The highest BCUT2D eigenvalue weighted by Crippen LogP contribution is 2.27. The van der Waals surface area contributed by atoms with Crippen molar-refractivity contribution in [3.05, 3.63) is 16.1 Å². The number of Topliss-reactive ketones (excluding diaryl/α,β-unsaturated/α-hetero) is 1. The van der Waals surface area contributed by atoms with Gasteiger partial charge in [0.05, 0.1) is 10.7 Å². The van der Waals surface area contributed by atoms with Gasteiger partial charge >= 0.3 is 0 Å². The molecule has 3 nitrogen and oxygen atoms in total. The van der Waals surface area contributed by atoms with Crippen LogP contribution in [-0.4, -0.2) is 35.8 Å². The summed E-state index contributed by atoms with van der Waals surface area (Å²) in [4.78, 5) is 18.0. The molecule has 0 spiro atoms. The van der Waals surface area contributed by atoms with E-state index in [1.165, 1.54) is 25.1 Å². The molecule has 4 heteroatoms. The fourth-order valence-corrected chi connectivity index (χ4v) is 3.20. The smallest absolute Gasteiger partial charge is 0.130 e. The predicted molar refractivity (Wildman–Crippen MR) is 70.6 cm³/mol. The van der Waals surface area contributed by atoms with E-state index in [4.69, 9.17) is 0 Å². The van der Waals surface area contributed by atoms with Crippen LogP contribution in [0.5, 0.6) is 0 Å². The van der Waals surface area contributed by atoms with Gasteiger partial charge in [0.15, 0.2) is 0 Å². The van der Waals surface area contributed by atoms with Crippen molar-refractivity contribution < 1.29 is 4.79 Å². The van der Waals surface area contributed by atoms with Crippen molar-refractivity contribution in [1.29, 1.82) is 0 Å². The van der Waals surface area contributed by atoms with Gasteiger partial charge in [-0.15, -0.1) is 11.3 Å². The minimum Gasteiger partial charge on any atom is -0.306 e. The van der Waals surface area contributed by atoms with E-state index in [2.05, 4.69) is 22.3 Å². The van der Waals surface area contributed by atoms with Crippen molar-refractivity contribution >= 4 is 17.1 Å². The maximum absolute atomic E-state index is 10.9. The average Bonchev–Trinajstić information content (AvgIpc) is 2.75. The Kier molecular flexibility index (Phi) is 4.29. The fourth-order valence-electron chi connectivity index (χ4n) is 2.32. The molecule has 0 bridgehead atoms. The number of carbonyl (C=O) groups excluding carboxylic acids is 1. The van der Waals surface area contributed by atoms with E-state index in [9.17, 15) is 4.79 Å². The molecule has 1 aliphatic rings. The number of likely N-dealkylation sites (tertiary alicyclic amines) is 1. The van der Waals surface area contributed by atoms with Crippen molar-refractivity contribution in [2.45, 2.75) is 38.5 Å².